The monoisotopic (exact) mass is 227 g/mol. The van der Waals surface area contributed by atoms with E-state index in [4.69, 9.17) is 16.3 Å². The Labute approximate surface area is 94.3 Å². The molecule has 1 rings (SSSR count). The van der Waals surface area contributed by atoms with Crippen LogP contribution in [-0.2, 0) is 0 Å². The van der Waals surface area contributed by atoms with Crippen molar-refractivity contribution in [3.8, 4) is 5.88 Å². The summed E-state index contributed by atoms with van der Waals surface area (Å²) in [7, 11) is 1.74. The fraction of sp³-hybridized carbons (Fsp3) is 0.400. The van der Waals surface area contributed by atoms with Crippen LogP contribution in [0.3, 0.4) is 0 Å². The standard InChI is InChI=1S/C10H14ClN3O/c1-3-4-5-6-15-9-8(11)7-13-10(12-2)14-9/h3,7H,1,4-6H2,2H3,(H,12,13,14). The number of hydrogen-bond acceptors (Lipinski definition) is 4. The summed E-state index contributed by atoms with van der Waals surface area (Å²) in [5, 5.41) is 3.24. The zero-order chi connectivity index (χ0) is 11.1. The third-order valence-electron chi connectivity index (χ3n) is 1.73. The quantitative estimate of drug-likeness (QED) is 0.599. The van der Waals surface area contributed by atoms with E-state index in [9.17, 15) is 0 Å². The van der Waals surface area contributed by atoms with Crippen LogP contribution in [0.25, 0.3) is 0 Å². The Morgan fingerprint density at radius 1 is 1.67 bits per heavy atom. The molecule has 0 spiro atoms. The Morgan fingerprint density at radius 3 is 3.13 bits per heavy atom. The predicted octanol–water partition coefficient (Wildman–Crippen LogP) is 2.52. The number of unbranched alkanes of at least 4 members (excludes halogenated alkanes) is 1. The molecule has 0 atom stereocenters. The first-order valence-electron chi connectivity index (χ1n) is 4.72. The molecule has 0 fully saturated rings. The van der Waals surface area contributed by atoms with Crippen LogP contribution in [0.15, 0.2) is 18.9 Å². The molecule has 82 valence electrons. The molecule has 1 aromatic rings. The van der Waals surface area contributed by atoms with E-state index in [2.05, 4.69) is 21.9 Å². The second-order valence-corrected chi connectivity index (χ2v) is 3.28. The topological polar surface area (TPSA) is 47.0 Å². The number of aromatic nitrogens is 2. The van der Waals surface area contributed by atoms with E-state index in [-0.39, 0.29) is 0 Å². The van der Waals surface area contributed by atoms with Gasteiger partial charge in [-0.05, 0) is 12.8 Å². The molecule has 15 heavy (non-hydrogen) atoms. The van der Waals surface area contributed by atoms with Crippen LogP contribution in [0.4, 0.5) is 5.95 Å². The summed E-state index contributed by atoms with van der Waals surface area (Å²) in [5.74, 6) is 0.915. The van der Waals surface area contributed by atoms with Gasteiger partial charge in [-0.2, -0.15) is 4.98 Å². The number of allylic oxidation sites excluding steroid dienone is 1. The summed E-state index contributed by atoms with van der Waals surface area (Å²) < 4.78 is 5.41. The minimum Gasteiger partial charge on any atom is -0.476 e. The van der Waals surface area contributed by atoms with Gasteiger partial charge in [-0.15, -0.1) is 6.58 Å². The molecule has 5 heteroatoms. The van der Waals surface area contributed by atoms with Crippen molar-refractivity contribution in [2.24, 2.45) is 0 Å². The van der Waals surface area contributed by atoms with E-state index in [1.807, 2.05) is 6.08 Å². The highest BCUT2D eigenvalue weighted by Crippen LogP contribution is 2.21. The lowest BCUT2D eigenvalue weighted by molar-refractivity contribution is 0.300. The van der Waals surface area contributed by atoms with Gasteiger partial charge in [0.1, 0.15) is 5.02 Å². The van der Waals surface area contributed by atoms with Crippen molar-refractivity contribution >= 4 is 17.5 Å². The van der Waals surface area contributed by atoms with Gasteiger partial charge in [0.05, 0.1) is 12.8 Å². The van der Waals surface area contributed by atoms with Gasteiger partial charge in [-0.1, -0.05) is 17.7 Å². The summed E-state index contributed by atoms with van der Waals surface area (Å²) >= 11 is 5.87. The lowest BCUT2D eigenvalue weighted by atomic mass is 10.3. The Morgan fingerprint density at radius 2 is 2.47 bits per heavy atom. The highest BCUT2D eigenvalue weighted by atomic mass is 35.5. The van der Waals surface area contributed by atoms with Gasteiger partial charge in [-0.3, -0.25) is 0 Å². The molecule has 0 saturated heterocycles. The molecule has 0 unspecified atom stereocenters. The molecule has 1 aromatic heterocycles. The average Bonchev–Trinajstić information content (AvgIpc) is 2.26. The molecule has 0 aliphatic carbocycles. The molecule has 0 amide bonds. The molecule has 0 bridgehead atoms. The second kappa shape index (κ2) is 6.24. The van der Waals surface area contributed by atoms with E-state index in [0.29, 0.717) is 23.5 Å². The summed E-state index contributed by atoms with van der Waals surface area (Å²) in [6.45, 7) is 4.21. The lowest BCUT2D eigenvalue weighted by Gasteiger charge is -2.07. The molecule has 4 nitrogen and oxygen atoms in total. The minimum absolute atomic E-state index is 0.417. The first kappa shape index (κ1) is 11.8. The third kappa shape index (κ3) is 3.75. The van der Waals surface area contributed by atoms with Crippen molar-refractivity contribution in [3.05, 3.63) is 23.9 Å². The van der Waals surface area contributed by atoms with E-state index < -0.39 is 0 Å². The second-order valence-electron chi connectivity index (χ2n) is 2.88. The van der Waals surface area contributed by atoms with Gasteiger partial charge >= 0.3 is 0 Å². The SMILES string of the molecule is C=CCCCOc1nc(NC)ncc1Cl. The van der Waals surface area contributed by atoms with Crippen molar-refractivity contribution < 1.29 is 4.74 Å². The Bertz CT molecular complexity index is 330. The molecule has 0 radical (unpaired) electrons. The number of nitrogens with zero attached hydrogens (tertiary/aromatic N) is 2. The minimum atomic E-state index is 0.417. The first-order chi connectivity index (χ1) is 7.27. The Kier molecular flexibility index (Phi) is 4.90. The zero-order valence-corrected chi connectivity index (χ0v) is 9.42. The summed E-state index contributed by atoms with van der Waals surface area (Å²) in [6.07, 6.45) is 5.19. The smallest absolute Gasteiger partial charge is 0.237 e. The number of hydrogen-bond donors (Lipinski definition) is 1. The maximum Gasteiger partial charge on any atom is 0.237 e. The molecule has 0 saturated carbocycles. The Hall–Kier alpha value is -1.29. The Balaban J connectivity index is 2.54. The van der Waals surface area contributed by atoms with Crippen LogP contribution in [0.5, 0.6) is 5.88 Å². The molecule has 1 N–H and O–H groups in total. The van der Waals surface area contributed by atoms with E-state index in [0.717, 1.165) is 12.8 Å². The number of anilines is 1. The van der Waals surface area contributed by atoms with Crippen molar-refractivity contribution in [1.29, 1.82) is 0 Å². The van der Waals surface area contributed by atoms with E-state index in [1.165, 1.54) is 6.20 Å². The summed E-state index contributed by atoms with van der Waals surface area (Å²) in [5.41, 5.74) is 0. The largest absolute Gasteiger partial charge is 0.476 e. The normalized spacial score (nSPS) is 9.73. The fourth-order valence-electron chi connectivity index (χ4n) is 0.970. The summed E-state index contributed by atoms with van der Waals surface area (Å²) in [4.78, 5) is 8.04. The first-order valence-corrected chi connectivity index (χ1v) is 5.09. The fourth-order valence-corrected chi connectivity index (χ4v) is 1.12. The molecular weight excluding hydrogens is 214 g/mol. The van der Waals surface area contributed by atoms with Crippen molar-refractivity contribution in [3.63, 3.8) is 0 Å². The van der Waals surface area contributed by atoms with Gasteiger partial charge in [-0.25, -0.2) is 4.98 Å². The maximum atomic E-state index is 5.87. The highest BCUT2D eigenvalue weighted by molar-refractivity contribution is 6.31. The number of rotatable bonds is 6. The molecule has 0 aromatic carbocycles. The lowest BCUT2D eigenvalue weighted by Crippen LogP contribution is -2.02. The van der Waals surface area contributed by atoms with Gasteiger partial charge in [0.15, 0.2) is 0 Å². The van der Waals surface area contributed by atoms with Crippen LogP contribution in [0.1, 0.15) is 12.8 Å². The summed E-state index contributed by atoms with van der Waals surface area (Å²) in [6, 6.07) is 0. The van der Waals surface area contributed by atoms with Crippen LogP contribution in [0, 0.1) is 0 Å². The zero-order valence-electron chi connectivity index (χ0n) is 8.66. The van der Waals surface area contributed by atoms with Crippen molar-refractivity contribution in [2.45, 2.75) is 12.8 Å². The number of nitrogens with one attached hydrogen (secondary N) is 1. The van der Waals surface area contributed by atoms with Gasteiger partial charge < -0.3 is 10.1 Å². The van der Waals surface area contributed by atoms with Gasteiger partial charge in [0.2, 0.25) is 11.8 Å². The molecule has 0 aliphatic rings. The van der Waals surface area contributed by atoms with Crippen LogP contribution >= 0.6 is 11.6 Å². The molecular formula is C10H14ClN3O. The van der Waals surface area contributed by atoms with Gasteiger partial charge in [0.25, 0.3) is 0 Å². The number of ether oxygens (including phenoxy) is 1. The van der Waals surface area contributed by atoms with Crippen LogP contribution < -0.4 is 10.1 Å². The third-order valence-corrected chi connectivity index (χ3v) is 1.99. The van der Waals surface area contributed by atoms with Gasteiger partial charge in [0, 0.05) is 7.05 Å². The van der Waals surface area contributed by atoms with Crippen molar-refractivity contribution in [2.75, 3.05) is 19.0 Å². The number of halogens is 1. The average molecular weight is 228 g/mol. The van der Waals surface area contributed by atoms with E-state index in [1.54, 1.807) is 7.05 Å². The predicted molar refractivity (Wildman–Crippen MR) is 61.5 cm³/mol. The molecule has 1 heterocycles. The van der Waals surface area contributed by atoms with E-state index >= 15 is 0 Å². The molecule has 0 aliphatic heterocycles. The highest BCUT2D eigenvalue weighted by Gasteiger charge is 2.05. The van der Waals surface area contributed by atoms with Crippen LogP contribution in [-0.4, -0.2) is 23.6 Å². The van der Waals surface area contributed by atoms with Crippen molar-refractivity contribution in [1.82, 2.24) is 9.97 Å². The maximum absolute atomic E-state index is 5.87. The van der Waals surface area contributed by atoms with Crippen LogP contribution in [0.2, 0.25) is 5.02 Å².